The van der Waals surface area contributed by atoms with Crippen LogP contribution >= 0.6 is 0 Å². The topological polar surface area (TPSA) is 21.3 Å². The molecule has 0 saturated carbocycles. The van der Waals surface area contributed by atoms with E-state index in [4.69, 9.17) is 4.74 Å². The second-order valence-electron chi connectivity index (χ2n) is 5.90. The summed E-state index contributed by atoms with van der Waals surface area (Å²) in [6, 6.07) is 21.0. The van der Waals surface area contributed by atoms with E-state index in [9.17, 15) is 0 Å². The van der Waals surface area contributed by atoms with E-state index in [1.165, 1.54) is 27.5 Å². The molecule has 0 radical (unpaired) electrons. The number of hydrogen-bond donors (Lipinski definition) is 1. The first-order valence-electron chi connectivity index (χ1n) is 8.29. The largest absolute Gasteiger partial charge is 0.489 e. The minimum absolute atomic E-state index is 0.583. The van der Waals surface area contributed by atoms with Gasteiger partial charge in [-0.3, -0.25) is 0 Å². The van der Waals surface area contributed by atoms with Crippen molar-refractivity contribution in [3.8, 4) is 5.75 Å². The highest BCUT2D eigenvalue weighted by molar-refractivity contribution is 5.87. The summed E-state index contributed by atoms with van der Waals surface area (Å²) in [5.41, 5.74) is 3.67. The fraction of sp³-hybridized carbons (Fsp3) is 0.182. The third kappa shape index (κ3) is 3.66. The van der Waals surface area contributed by atoms with Crippen molar-refractivity contribution in [1.82, 2.24) is 5.32 Å². The summed E-state index contributed by atoms with van der Waals surface area (Å²) in [5.74, 6) is 0.938. The molecule has 0 saturated heterocycles. The van der Waals surface area contributed by atoms with Crippen LogP contribution in [-0.2, 0) is 13.2 Å². The zero-order valence-electron chi connectivity index (χ0n) is 14.1. The van der Waals surface area contributed by atoms with E-state index in [0.29, 0.717) is 6.61 Å². The summed E-state index contributed by atoms with van der Waals surface area (Å²) < 4.78 is 6.18. The van der Waals surface area contributed by atoms with Gasteiger partial charge in [0.1, 0.15) is 12.4 Å². The van der Waals surface area contributed by atoms with Crippen LogP contribution in [0.1, 0.15) is 16.7 Å². The summed E-state index contributed by atoms with van der Waals surface area (Å²) in [7, 11) is 0. The molecule has 0 unspecified atom stereocenters. The van der Waals surface area contributed by atoms with Crippen LogP contribution in [0.5, 0.6) is 5.75 Å². The van der Waals surface area contributed by atoms with Crippen molar-refractivity contribution in [2.45, 2.75) is 20.1 Å². The smallest absolute Gasteiger partial charge is 0.124 e. The van der Waals surface area contributed by atoms with Crippen LogP contribution in [0.4, 0.5) is 0 Å². The molecule has 3 rings (SSSR count). The van der Waals surface area contributed by atoms with E-state index >= 15 is 0 Å². The molecule has 24 heavy (non-hydrogen) atoms. The SMILES string of the molecule is C=CCNCc1c(OCc2ccccc2C)ccc2ccccc12. The Kier molecular flexibility index (Phi) is 5.29. The monoisotopic (exact) mass is 317 g/mol. The Bertz CT molecular complexity index is 838. The predicted octanol–water partition coefficient (Wildman–Crippen LogP) is 5.00. The van der Waals surface area contributed by atoms with Crippen molar-refractivity contribution in [2.24, 2.45) is 0 Å². The van der Waals surface area contributed by atoms with Crippen LogP contribution < -0.4 is 10.1 Å². The molecule has 0 atom stereocenters. The van der Waals surface area contributed by atoms with Gasteiger partial charge in [0, 0.05) is 18.7 Å². The predicted molar refractivity (Wildman–Crippen MR) is 101 cm³/mol. The van der Waals surface area contributed by atoms with Gasteiger partial charge in [-0.1, -0.05) is 60.7 Å². The van der Waals surface area contributed by atoms with Crippen LogP contribution in [-0.4, -0.2) is 6.54 Å². The first-order valence-corrected chi connectivity index (χ1v) is 8.29. The molecule has 0 bridgehead atoms. The van der Waals surface area contributed by atoms with E-state index in [2.05, 4.69) is 79.5 Å². The van der Waals surface area contributed by atoms with Gasteiger partial charge in [-0.2, -0.15) is 0 Å². The number of fused-ring (bicyclic) bond motifs is 1. The molecule has 0 aliphatic rings. The summed E-state index contributed by atoms with van der Waals surface area (Å²) in [6.45, 7) is 8.01. The number of aryl methyl sites for hydroxylation is 1. The maximum Gasteiger partial charge on any atom is 0.124 e. The van der Waals surface area contributed by atoms with Crippen molar-refractivity contribution >= 4 is 10.8 Å². The fourth-order valence-electron chi connectivity index (χ4n) is 2.86. The average Bonchev–Trinajstić information content (AvgIpc) is 2.62. The lowest BCUT2D eigenvalue weighted by atomic mass is 10.0. The molecule has 0 aliphatic carbocycles. The van der Waals surface area contributed by atoms with Crippen molar-refractivity contribution in [3.63, 3.8) is 0 Å². The lowest BCUT2D eigenvalue weighted by molar-refractivity contribution is 0.302. The van der Waals surface area contributed by atoms with Gasteiger partial charge in [0.15, 0.2) is 0 Å². The molecular weight excluding hydrogens is 294 g/mol. The molecule has 122 valence electrons. The molecule has 3 aromatic carbocycles. The summed E-state index contributed by atoms with van der Waals surface area (Å²) in [6.07, 6.45) is 1.87. The maximum absolute atomic E-state index is 6.18. The Morgan fingerprint density at radius 1 is 1.00 bits per heavy atom. The number of ether oxygens (including phenoxy) is 1. The van der Waals surface area contributed by atoms with Crippen LogP contribution in [0.15, 0.2) is 73.3 Å². The van der Waals surface area contributed by atoms with E-state index in [1.54, 1.807) is 0 Å². The quantitative estimate of drug-likeness (QED) is 0.489. The molecule has 0 heterocycles. The molecule has 2 nitrogen and oxygen atoms in total. The van der Waals surface area contributed by atoms with Gasteiger partial charge in [-0.25, -0.2) is 0 Å². The van der Waals surface area contributed by atoms with Gasteiger partial charge in [0.2, 0.25) is 0 Å². The van der Waals surface area contributed by atoms with E-state index in [1.807, 2.05) is 6.08 Å². The number of hydrogen-bond acceptors (Lipinski definition) is 2. The molecule has 0 aromatic heterocycles. The first-order chi connectivity index (χ1) is 11.8. The Hall–Kier alpha value is -2.58. The highest BCUT2D eigenvalue weighted by Gasteiger charge is 2.09. The third-order valence-electron chi connectivity index (χ3n) is 4.23. The Morgan fingerprint density at radius 3 is 2.62 bits per heavy atom. The van der Waals surface area contributed by atoms with E-state index < -0.39 is 0 Å². The molecule has 0 spiro atoms. The number of nitrogens with one attached hydrogen (secondary N) is 1. The molecule has 0 aliphatic heterocycles. The van der Waals surface area contributed by atoms with Crippen LogP contribution in [0.25, 0.3) is 10.8 Å². The molecule has 0 fully saturated rings. The van der Waals surface area contributed by atoms with Crippen molar-refractivity contribution in [1.29, 1.82) is 0 Å². The highest BCUT2D eigenvalue weighted by atomic mass is 16.5. The minimum Gasteiger partial charge on any atom is -0.489 e. The Morgan fingerprint density at radius 2 is 1.79 bits per heavy atom. The molecule has 3 aromatic rings. The van der Waals surface area contributed by atoms with Crippen LogP contribution in [0.3, 0.4) is 0 Å². The molecule has 1 N–H and O–H groups in total. The summed E-state index contributed by atoms with van der Waals surface area (Å²) >= 11 is 0. The fourth-order valence-corrected chi connectivity index (χ4v) is 2.86. The van der Waals surface area contributed by atoms with Gasteiger partial charge < -0.3 is 10.1 Å². The number of rotatable bonds is 7. The minimum atomic E-state index is 0.583. The van der Waals surface area contributed by atoms with Gasteiger partial charge in [-0.05, 0) is 34.9 Å². The summed E-state index contributed by atoms with van der Waals surface area (Å²) in [4.78, 5) is 0. The standard InChI is InChI=1S/C22H23NO/c1-3-14-23-15-21-20-11-7-6-9-18(20)12-13-22(21)24-16-19-10-5-4-8-17(19)2/h3-13,23H,1,14-16H2,2H3. The van der Waals surface area contributed by atoms with Gasteiger partial charge >= 0.3 is 0 Å². The van der Waals surface area contributed by atoms with Gasteiger partial charge in [-0.15, -0.1) is 6.58 Å². The van der Waals surface area contributed by atoms with Crippen molar-refractivity contribution in [2.75, 3.05) is 6.54 Å². The normalized spacial score (nSPS) is 10.7. The van der Waals surface area contributed by atoms with E-state index in [-0.39, 0.29) is 0 Å². The van der Waals surface area contributed by atoms with Gasteiger partial charge in [0.05, 0.1) is 0 Å². The van der Waals surface area contributed by atoms with Gasteiger partial charge in [0.25, 0.3) is 0 Å². The van der Waals surface area contributed by atoms with Crippen LogP contribution in [0.2, 0.25) is 0 Å². The Balaban J connectivity index is 1.89. The first kappa shape index (κ1) is 16.3. The zero-order chi connectivity index (χ0) is 16.8. The van der Waals surface area contributed by atoms with Crippen molar-refractivity contribution in [3.05, 3.63) is 90.0 Å². The van der Waals surface area contributed by atoms with Crippen LogP contribution in [0, 0.1) is 6.92 Å². The second kappa shape index (κ2) is 7.80. The summed E-state index contributed by atoms with van der Waals surface area (Å²) in [5, 5.41) is 5.86. The average molecular weight is 317 g/mol. The zero-order valence-corrected chi connectivity index (χ0v) is 14.1. The third-order valence-corrected chi connectivity index (χ3v) is 4.23. The van der Waals surface area contributed by atoms with E-state index in [0.717, 1.165) is 18.8 Å². The highest BCUT2D eigenvalue weighted by Crippen LogP contribution is 2.29. The second-order valence-corrected chi connectivity index (χ2v) is 5.90. The Labute approximate surface area is 143 Å². The number of benzene rings is 3. The lowest BCUT2D eigenvalue weighted by Gasteiger charge is -2.15. The maximum atomic E-state index is 6.18. The van der Waals surface area contributed by atoms with Crippen molar-refractivity contribution < 1.29 is 4.74 Å². The lowest BCUT2D eigenvalue weighted by Crippen LogP contribution is -2.14. The molecule has 2 heteroatoms. The molecule has 0 amide bonds. The molecular formula is C22H23NO.